The zero-order valence-corrected chi connectivity index (χ0v) is 11.0. The van der Waals surface area contributed by atoms with Gasteiger partial charge in [-0.25, -0.2) is 4.39 Å². The SMILES string of the molecule is CCC(F)C(CCN(CC)C1CCC1)NC.[HH]. The number of nitrogens with zero attached hydrogens (tertiary/aromatic N) is 1. The normalized spacial score (nSPS) is 20.8. The molecular formula is C13H29FN2. The van der Waals surface area contributed by atoms with Crippen LogP contribution in [0.3, 0.4) is 0 Å². The lowest BCUT2D eigenvalue weighted by atomic mass is 9.91. The second kappa shape index (κ2) is 7.23. The number of hydrogen-bond donors (Lipinski definition) is 1. The average Bonchev–Trinajstić information content (AvgIpc) is 2.25. The van der Waals surface area contributed by atoms with Gasteiger partial charge in [-0.2, -0.15) is 0 Å². The van der Waals surface area contributed by atoms with Crippen LogP contribution in [0.4, 0.5) is 4.39 Å². The highest BCUT2D eigenvalue weighted by Gasteiger charge is 2.25. The second-order valence-electron chi connectivity index (χ2n) is 4.82. The summed E-state index contributed by atoms with van der Waals surface area (Å²) in [6.45, 7) is 6.26. The molecule has 2 nitrogen and oxygen atoms in total. The molecule has 98 valence electrons. The molecule has 0 aromatic carbocycles. The third-order valence-corrected chi connectivity index (χ3v) is 3.92. The lowest BCUT2D eigenvalue weighted by Gasteiger charge is -2.37. The van der Waals surface area contributed by atoms with Crippen LogP contribution in [0.25, 0.3) is 0 Å². The summed E-state index contributed by atoms with van der Waals surface area (Å²) in [5.41, 5.74) is 0. The Morgan fingerprint density at radius 3 is 2.50 bits per heavy atom. The van der Waals surface area contributed by atoms with Crippen LogP contribution in [0.5, 0.6) is 0 Å². The van der Waals surface area contributed by atoms with Crippen molar-refractivity contribution in [2.75, 3.05) is 20.1 Å². The van der Waals surface area contributed by atoms with Crippen molar-refractivity contribution in [3.8, 4) is 0 Å². The molecule has 2 atom stereocenters. The van der Waals surface area contributed by atoms with Crippen LogP contribution in [-0.4, -0.2) is 43.3 Å². The van der Waals surface area contributed by atoms with Crippen LogP contribution in [-0.2, 0) is 0 Å². The molecular weight excluding hydrogens is 203 g/mol. The van der Waals surface area contributed by atoms with Gasteiger partial charge in [-0.1, -0.05) is 20.3 Å². The van der Waals surface area contributed by atoms with Gasteiger partial charge in [0.1, 0.15) is 6.17 Å². The van der Waals surface area contributed by atoms with E-state index in [9.17, 15) is 4.39 Å². The quantitative estimate of drug-likeness (QED) is 0.692. The van der Waals surface area contributed by atoms with Crippen LogP contribution in [0.1, 0.15) is 47.4 Å². The van der Waals surface area contributed by atoms with Crippen molar-refractivity contribution in [2.45, 2.75) is 64.2 Å². The fourth-order valence-electron chi connectivity index (χ4n) is 2.45. The monoisotopic (exact) mass is 232 g/mol. The minimum Gasteiger partial charge on any atom is -0.314 e. The van der Waals surface area contributed by atoms with E-state index in [1.807, 2.05) is 14.0 Å². The van der Waals surface area contributed by atoms with Crippen molar-refractivity contribution < 1.29 is 5.82 Å². The number of nitrogens with one attached hydrogen (secondary N) is 1. The third kappa shape index (κ3) is 3.70. The smallest absolute Gasteiger partial charge is 0.115 e. The van der Waals surface area contributed by atoms with Crippen molar-refractivity contribution in [3.05, 3.63) is 0 Å². The molecule has 0 bridgehead atoms. The first-order chi connectivity index (χ1) is 7.72. The molecule has 0 radical (unpaired) electrons. The molecule has 1 fully saturated rings. The predicted octanol–water partition coefficient (Wildman–Crippen LogP) is 2.83. The van der Waals surface area contributed by atoms with E-state index in [-0.39, 0.29) is 7.47 Å². The molecule has 1 aliphatic carbocycles. The summed E-state index contributed by atoms with van der Waals surface area (Å²) in [6, 6.07) is 0.807. The third-order valence-electron chi connectivity index (χ3n) is 3.92. The molecule has 0 heterocycles. The molecule has 3 heteroatoms. The van der Waals surface area contributed by atoms with Crippen molar-refractivity contribution in [1.29, 1.82) is 0 Å². The van der Waals surface area contributed by atoms with Crippen LogP contribution in [0.2, 0.25) is 0 Å². The first-order valence-electron chi connectivity index (χ1n) is 6.78. The zero-order chi connectivity index (χ0) is 12.0. The molecule has 0 aliphatic heterocycles. The van der Waals surface area contributed by atoms with Crippen molar-refractivity contribution in [3.63, 3.8) is 0 Å². The van der Waals surface area contributed by atoms with E-state index in [2.05, 4.69) is 17.1 Å². The summed E-state index contributed by atoms with van der Waals surface area (Å²) >= 11 is 0. The molecule has 0 amide bonds. The van der Waals surface area contributed by atoms with Gasteiger partial charge in [-0.3, -0.25) is 0 Å². The molecule has 0 spiro atoms. The average molecular weight is 232 g/mol. The number of halogens is 1. The Hall–Kier alpha value is -0.150. The zero-order valence-electron chi connectivity index (χ0n) is 11.0. The Balaban J connectivity index is 0.00000256. The van der Waals surface area contributed by atoms with E-state index in [1.54, 1.807) is 0 Å². The predicted molar refractivity (Wildman–Crippen MR) is 69.7 cm³/mol. The minimum atomic E-state index is -0.704. The maximum atomic E-state index is 13.6. The van der Waals surface area contributed by atoms with Gasteiger partial charge in [0, 0.05) is 13.5 Å². The Kier molecular flexibility index (Phi) is 6.29. The summed E-state index contributed by atoms with van der Waals surface area (Å²) in [5.74, 6) is 0. The highest BCUT2D eigenvalue weighted by atomic mass is 19.1. The van der Waals surface area contributed by atoms with Crippen molar-refractivity contribution in [1.82, 2.24) is 10.2 Å². The van der Waals surface area contributed by atoms with E-state index in [0.29, 0.717) is 6.42 Å². The summed E-state index contributed by atoms with van der Waals surface area (Å²) in [4.78, 5) is 2.51. The van der Waals surface area contributed by atoms with Gasteiger partial charge in [0.25, 0.3) is 0 Å². The van der Waals surface area contributed by atoms with Crippen molar-refractivity contribution >= 4 is 0 Å². The lowest BCUT2D eigenvalue weighted by Crippen LogP contribution is -2.44. The summed E-state index contributed by atoms with van der Waals surface area (Å²) in [6.07, 6.45) is 4.88. The van der Waals surface area contributed by atoms with Crippen molar-refractivity contribution in [2.24, 2.45) is 0 Å². The number of rotatable bonds is 8. The molecule has 2 unspecified atom stereocenters. The summed E-state index contributed by atoms with van der Waals surface area (Å²) in [5, 5.41) is 3.11. The van der Waals surface area contributed by atoms with Gasteiger partial charge >= 0.3 is 0 Å². The Morgan fingerprint density at radius 2 is 2.12 bits per heavy atom. The fraction of sp³-hybridized carbons (Fsp3) is 1.00. The molecule has 1 aliphatic rings. The Labute approximate surface area is 101 Å². The van der Waals surface area contributed by atoms with E-state index in [1.165, 1.54) is 19.3 Å². The second-order valence-corrected chi connectivity index (χ2v) is 4.82. The van der Waals surface area contributed by atoms with Crippen LogP contribution >= 0.6 is 0 Å². The molecule has 1 N–H and O–H groups in total. The fourth-order valence-corrected chi connectivity index (χ4v) is 2.45. The number of hydrogen-bond acceptors (Lipinski definition) is 2. The minimum absolute atomic E-state index is 0. The van der Waals surface area contributed by atoms with Gasteiger partial charge in [0.05, 0.1) is 0 Å². The van der Waals surface area contributed by atoms with Gasteiger partial charge in [-0.15, -0.1) is 0 Å². The molecule has 1 rings (SSSR count). The summed E-state index contributed by atoms with van der Waals surface area (Å²) < 4.78 is 13.6. The summed E-state index contributed by atoms with van der Waals surface area (Å²) in [7, 11) is 1.87. The Morgan fingerprint density at radius 1 is 1.44 bits per heavy atom. The molecule has 0 saturated heterocycles. The van der Waals surface area contributed by atoms with E-state index < -0.39 is 6.17 Å². The highest BCUT2D eigenvalue weighted by Crippen LogP contribution is 2.25. The van der Waals surface area contributed by atoms with Gasteiger partial charge in [0.15, 0.2) is 0 Å². The van der Waals surface area contributed by atoms with Gasteiger partial charge in [-0.05, 0) is 45.8 Å². The van der Waals surface area contributed by atoms with Gasteiger partial charge in [0.2, 0.25) is 0 Å². The highest BCUT2D eigenvalue weighted by molar-refractivity contribution is 4.82. The molecule has 16 heavy (non-hydrogen) atoms. The topological polar surface area (TPSA) is 15.3 Å². The largest absolute Gasteiger partial charge is 0.314 e. The maximum absolute atomic E-state index is 13.6. The maximum Gasteiger partial charge on any atom is 0.115 e. The molecule has 0 aromatic heterocycles. The standard InChI is InChI=1S/C13H27FN2.H2/c1-4-12(14)13(15-3)9-10-16(5-2)11-7-6-8-11;/h11-13,15H,4-10H2,1-3H3;1H. The van der Waals surface area contributed by atoms with Crippen LogP contribution < -0.4 is 5.32 Å². The van der Waals surface area contributed by atoms with Crippen LogP contribution in [0, 0.1) is 0 Å². The number of alkyl halides is 1. The molecule has 0 aromatic rings. The van der Waals surface area contributed by atoms with E-state index >= 15 is 0 Å². The first-order valence-corrected chi connectivity index (χ1v) is 6.78. The van der Waals surface area contributed by atoms with E-state index in [0.717, 1.165) is 25.6 Å². The Bertz CT molecular complexity index is 176. The van der Waals surface area contributed by atoms with Crippen LogP contribution in [0.15, 0.2) is 0 Å². The first kappa shape index (κ1) is 13.9. The lowest BCUT2D eigenvalue weighted by molar-refractivity contribution is 0.120. The molecule has 1 saturated carbocycles. The van der Waals surface area contributed by atoms with E-state index in [4.69, 9.17) is 0 Å². The van der Waals surface area contributed by atoms with Gasteiger partial charge < -0.3 is 10.2 Å².